The molecule has 0 saturated carbocycles. The topological polar surface area (TPSA) is 51.2 Å². The Morgan fingerprint density at radius 3 is 2.12 bits per heavy atom. The van der Waals surface area contributed by atoms with E-state index in [0.717, 1.165) is 10.7 Å². The van der Waals surface area contributed by atoms with Gasteiger partial charge in [0.1, 0.15) is 0 Å². The van der Waals surface area contributed by atoms with Crippen molar-refractivity contribution in [2.45, 2.75) is 11.1 Å². The van der Waals surface area contributed by atoms with Crippen LogP contribution in [-0.2, 0) is 9.84 Å². The number of halogens is 2. The zero-order chi connectivity index (χ0) is 12.6. The second kappa shape index (κ2) is 4.47. The zero-order valence-electron chi connectivity index (χ0n) is 8.70. The minimum Gasteiger partial charge on any atom is -0.291 e. The summed E-state index contributed by atoms with van der Waals surface area (Å²) in [6, 6.07) is 6.36. The van der Waals surface area contributed by atoms with Crippen molar-refractivity contribution in [2.24, 2.45) is 0 Å². The van der Waals surface area contributed by atoms with Crippen molar-refractivity contribution in [3.05, 3.63) is 34.3 Å². The van der Waals surface area contributed by atoms with E-state index < -0.39 is 19.8 Å². The standard InChI is InChI=1S/C10H10BrClO3S/c1-10(12,16(2,14)15)9(13)7-3-5-8(11)6-4-7/h3-6H,1-2H3/t10-/m0/s1. The Bertz CT molecular complexity index is 505. The number of hydrogen-bond acceptors (Lipinski definition) is 3. The van der Waals surface area contributed by atoms with Crippen LogP contribution < -0.4 is 0 Å². The number of carbonyl (C=O) groups excluding carboxylic acids is 1. The number of hydrogen-bond donors (Lipinski definition) is 0. The van der Waals surface area contributed by atoms with Crippen molar-refractivity contribution in [1.29, 1.82) is 0 Å². The number of carbonyl (C=O) groups is 1. The normalized spacial score (nSPS) is 15.5. The van der Waals surface area contributed by atoms with Crippen LogP contribution in [0, 0.1) is 0 Å². The van der Waals surface area contributed by atoms with Gasteiger partial charge in [-0.15, -0.1) is 0 Å². The molecule has 0 bridgehead atoms. The van der Waals surface area contributed by atoms with Gasteiger partial charge in [0.05, 0.1) is 0 Å². The summed E-state index contributed by atoms with van der Waals surface area (Å²) in [7, 11) is -3.66. The Labute approximate surface area is 108 Å². The SMILES string of the molecule is C[C@@](Cl)(C(=O)c1ccc(Br)cc1)S(C)(=O)=O. The summed E-state index contributed by atoms with van der Waals surface area (Å²) in [5.41, 5.74) is 0.270. The summed E-state index contributed by atoms with van der Waals surface area (Å²) in [5.74, 6) is -0.621. The van der Waals surface area contributed by atoms with E-state index in [2.05, 4.69) is 15.9 Å². The lowest BCUT2D eigenvalue weighted by molar-refractivity contribution is 0.0978. The maximum Gasteiger partial charge on any atom is 0.204 e. The van der Waals surface area contributed by atoms with Gasteiger partial charge >= 0.3 is 0 Å². The van der Waals surface area contributed by atoms with Crippen LogP contribution >= 0.6 is 27.5 Å². The monoisotopic (exact) mass is 324 g/mol. The average Bonchev–Trinajstić information content (AvgIpc) is 2.16. The van der Waals surface area contributed by atoms with Crippen LogP contribution in [0.4, 0.5) is 0 Å². The lowest BCUT2D eigenvalue weighted by Gasteiger charge is -2.18. The van der Waals surface area contributed by atoms with Gasteiger partial charge in [0.2, 0.25) is 4.21 Å². The molecule has 0 N–H and O–H groups in total. The molecule has 16 heavy (non-hydrogen) atoms. The molecule has 0 unspecified atom stereocenters. The second-order valence-electron chi connectivity index (χ2n) is 3.52. The first-order valence-electron chi connectivity index (χ1n) is 4.35. The van der Waals surface area contributed by atoms with Crippen LogP contribution in [0.1, 0.15) is 17.3 Å². The highest BCUT2D eigenvalue weighted by Gasteiger charge is 2.41. The van der Waals surface area contributed by atoms with Gasteiger partial charge in [-0.25, -0.2) is 8.42 Å². The van der Waals surface area contributed by atoms with Gasteiger partial charge in [0.25, 0.3) is 0 Å². The van der Waals surface area contributed by atoms with Crippen molar-refractivity contribution < 1.29 is 13.2 Å². The van der Waals surface area contributed by atoms with Crippen LogP contribution in [-0.4, -0.2) is 24.7 Å². The van der Waals surface area contributed by atoms with Crippen molar-refractivity contribution in [1.82, 2.24) is 0 Å². The van der Waals surface area contributed by atoms with E-state index in [0.29, 0.717) is 0 Å². The molecule has 0 aromatic heterocycles. The molecule has 0 aliphatic carbocycles. The molecule has 0 amide bonds. The van der Waals surface area contributed by atoms with Crippen LogP contribution in [0.2, 0.25) is 0 Å². The summed E-state index contributed by atoms with van der Waals surface area (Å²) in [6.45, 7) is 1.19. The molecule has 0 aliphatic rings. The molecular weight excluding hydrogens is 316 g/mol. The first-order valence-corrected chi connectivity index (χ1v) is 7.41. The number of ketones is 1. The summed E-state index contributed by atoms with van der Waals surface area (Å²) >= 11 is 9.01. The maximum absolute atomic E-state index is 11.9. The van der Waals surface area contributed by atoms with E-state index in [4.69, 9.17) is 11.6 Å². The Morgan fingerprint density at radius 2 is 1.75 bits per heavy atom. The van der Waals surface area contributed by atoms with Crippen molar-refractivity contribution in [3.63, 3.8) is 0 Å². The third-order valence-corrected chi connectivity index (χ3v) is 5.33. The van der Waals surface area contributed by atoms with E-state index in [1.807, 2.05) is 0 Å². The van der Waals surface area contributed by atoms with Crippen LogP contribution in [0.3, 0.4) is 0 Å². The molecular formula is C10H10BrClO3S. The summed E-state index contributed by atoms with van der Waals surface area (Å²) < 4.78 is 21.6. The molecule has 0 heterocycles. The minimum absolute atomic E-state index is 0.270. The molecule has 88 valence electrons. The van der Waals surface area contributed by atoms with Crippen molar-refractivity contribution in [3.8, 4) is 0 Å². The number of alkyl halides is 1. The minimum atomic E-state index is -3.66. The lowest BCUT2D eigenvalue weighted by Crippen LogP contribution is -2.37. The molecule has 3 nitrogen and oxygen atoms in total. The molecule has 0 aliphatic heterocycles. The smallest absolute Gasteiger partial charge is 0.204 e. The Hall–Kier alpha value is -0.390. The van der Waals surface area contributed by atoms with Crippen LogP contribution in [0.5, 0.6) is 0 Å². The highest BCUT2D eigenvalue weighted by molar-refractivity contribution is 9.10. The number of benzene rings is 1. The fourth-order valence-corrected chi connectivity index (χ4v) is 1.86. The molecule has 0 fully saturated rings. The number of Topliss-reactive ketones (excluding diaryl/α,β-unsaturated/α-hetero) is 1. The van der Waals surface area contributed by atoms with Gasteiger partial charge in [0, 0.05) is 16.3 Å². The van der Waals surface area contributed by atoms with Gasteiger partial charge in [-0.3, -0.25) is 4.79 Å². The molecule has 0 spiro atoms. The van der Waals surface area contributed by atoms with E-state index in [-0.39, 0.29) is 5.56 Å². The van der Waals surface area contributed by atoms with Crippen molar-refractivity contribution in [2.75, 3.05) is 6.26 Å². The van der Waals surface area contributed by atoms with E-state index in [1.165, 1.54) is 19.1 Å². The highest BCUT2D eigenvalue weighted by Crippen LogP contribution is 2.27. The van der Waals surface area contributed by atoms with E-state index >= 15 is 0 Å². The quantitative estimate of drug-likeness (QED) is 0.634. The average molecular weight is 326 g/mol. The lowest BCUT2D eigenvalue weighted by atomic mass is 10.1. The number of sulfone groups is 1. The Kier molecular flexibility index (Phi) is 3.82. The van der Waals surface area contributed by atoms with Crippen LogP contribution in [0.25, 0.3) is 0 Å². The van der Waals surface area contributed by atoms with Crippen molar-refractivity contribution >= 4 is 43.2 Å². The van der Waals surface area contributed by atoms with Gasteiger partial charge in [-0.2, -0.15) is 0 Å². The molecule has 1 atom stereocenters. The van der Waals surface area contributed by atoms with Gasteiger partial charge in [-0.05, 0) is 19.1 Å². The van der Waals surface area contributed by atoms with Gasteiger partial charge in [-0.1, -0.05) is 39.7 Å². The molecule has 1 aromatic carbocycles. The Morgan fingerprint density at radius 1 is 1.31 bits per heavy atom. The molecule has 0 radical (unpaired) electrons. The fourth-order valence-electron chi connectivity index (χ4n) is 1.03. The van der Waals surface area contributed by atoms with Crippen LogP contribution in [0.15, 0.2) is 28.7 Å². The predicted molar refractivity (Wildman–Crippen MR) is 67.6 cm³/mol. The molecule has 6 heteroatoms. The third-order valence-electron chi connectivity index (χ3n) is 2.21. The molecule has 0 saturated heterocycles. The first kappa shape index (κ1) is 13.7. The van der Waals surface area contributed by atoms with E-state index in [9.17, 15) is 13.2 Å². The summed E-state index contributed by atoms with van der Waals surface area (Å²) in [4.78, 5) is 11.9. The number of rotatable bonds is 3. The summed E-state index contributed by atoms with van der Waals surface area (Å²) in [6.07, 6.45) is 0.941. The third kappa shape index (κ3) is 2.64. The maximum atomic E-state index is 11.9. The molecule has 1 aromatic rings. The predicted octanol–water partition coefficient (Wildman–Crippen LogP) is 2.63. The fraction of sp³-hybridized carbons (Fsp3) is 0.300. The van der Waals surface area contributed by atoms with Gasteiger partial charge in [0.15, 0.2) is 15.6 Å². The Balaban J connectivity index is 3.18. The highest BCUT2D eigenvalue weighted by atomic mass is 79.9. The first-order chi connectivity index (χ1) is 7.16. The van der Waals surface area contributed by atoms with Gasteiger partial charge < -0.3 is 0 Å². The van der Waals surface area contributed by atoms with E-state index in [1.54, 1.807) is 12.1 Å². The largest absolute Gasteiger partial charge is 0.291 e. The molecule has 1 rings (SSSR count). The summed E-state index contributed by atoms with van der Waals surface area (Å²) in [5, 5.41) is 0. The second-order valence-corrected chi connectivity index (χ2v) is 7.78. The zero-order valence-corrected chi connectivity index (χ0v) is 11.9.